The van der Waals surface area contributed by atoms with Crippen LogP contribution in [0, 0.1) is 6.92 Å². The molecule has 0 spiro atoms. The molecule has 0 atom stereocenters. The van der Waals surface area contributed by atoms with Crippen molar-refractivity contribution < 1.29 is 19.1 Å². The lowest BCUT2D eigenvalue weighted by atomic mass is 10.1. The predicted octanol–water partition coefficient (Wildman–Crippen LogP) is 3.50. The van der Waals surface area contributed by atoms with Gasteiger partial charge in [0, 0.05) is 0 Å². The van der Waals surface area contributed by atoms with Crippen molar-refractivity contribution in [2.45, 2.75) is 20.4 Å². The van der Waals surface area contributed by atoms with Crippen LogP contribution in [0.2, 0.25) is 0 Å². The van der Waals surface area contributed by atoms with Gasteiger partial charge < -0.3 is 14.8 Å². The maximum absolute atomic E-state index is 12.7. The summed E-state index contributed by atoms with van der Waals surface area (Å²) in [5.41, 5.74) is 2.96. The lowest BCUT2D eigenvalue weighted by Crippen LogP contribution is -2.30. The Morgan fingerprint density at radius 2 is 1.93 bits per heavy atom. The van der Waals surface area contributed by atoms with E-state index in [1.54, 1.807) is 31.4 Å². The first-order valence-electron chi connectivity index (χ1n) is 8.72. The maximum atomic E-state index is 12.7. The third-order valence-electron chi connectivity index (χ3n) is 4.18. The fraction of sp³-hybridized carbons (Fsp3) is 0.238. The molecular formula is C21H22N2O4. The number of amides is 3. The van der Waals surface area contributed by atoms with E-state index in [2.05, 4.69) is 5.32 Å². The molecule has 1 saturated heterocycles. The quantitative estimate of drug-likeness (QED) is 0.628. The van der Waals surface area contributed by atoms with Crippen molar-refractivity contribution in [3.63, 3.8) is 0 Å². The van der Waals surface area contributed by atoms with Gasteiger partial charge in [0.15, 0.2) is 11.5 Å². The minimum absolute atomic E-state index is 0.233. The van der Waals surface area contributed by atoms with Crippen LogP contribution in [0.3, 0.4) is 0 Å². The van der Waals surface area contributed by atoms with Gasteiger partial charge in [-0.05, 0) is 43.2 Å². The number of rotatable bonds is 6. The Morgan fingerprint density at radius 1 is 1.11 bits per heavy atom. The topological polar surface area (TPSA) is 67.9 Å². The van der Waals surface area contributed by atoms with E-state index in [0.29, 0.717) is 18.1 Å². The molecule has 140 valence electrons. The molecule has 0 bridgehead atoms. The lowest BCUT2D eigenvalue weighted by Gasteiger charge is -2.12. The molecule has 0 saturated carbocycles. The summed E-state index contributed by atoms with van der Waals surface area (Å²) in [5.74, 6) is 0.847. The van der Waals surface area contributed by atoms with Gasteiger partial charge in [0.2, 0.25) is 0 Å². The Morgan fingerprint density at radius 3 is 2.63 bits per heavy atom. The second-order valence-corrected chi connectivity index (χ2v) is 6.21. The van der Waals surface area contributed by atoms with Crippen LogP contribution in [0.4, 0.5) is 4.79 Å². The molecule has 1 aliphatic rings. The number of nitrogens with one attached hydrogen (secondary N) is 1. The van der Waals surface area contributed by atoms with E-state index in [1.807, 2.05) is 38.1 Å². The van der Waals surface area contributed by atoms with Crippen LogP contribution in [0.25, 0.3) is 6.08 Å². The smallest absolute Gasteiger partial charge is 0.329 e. The summed E-state index contributed by atoms with van der Waals surface area (Å²) in [5, 5.41) is 2.64. The largest absolute Gasteiger partial charge is 0.493 e. The van der Waals surface area contributed by atoms with E-state index >= 15 is 0 Å². The summed E-state index contributed by atoms with van der Waals surface area (Å²) >= 11 is 0. The average molecular weight is 366 g/mol. The van der Waals surface area contributed by atoms with Crippen LogP contribution >= 0.6 is 0 Å². The number of hydrogen-bond acceptors (Lipinski definition) is 4. The monoisotopic (exact) mass is 366 g/mol. The molecule has 0 radical (unpaired) electrons. The standard InChI is InChI=1S/C21H22N2O4/c1-4-27-19-12-15(8-9-18(19)26-3)11-17-20(24)23(21(25)22-17)13-16-7-5-6-14(2)10-16/h5-12H,4,13H2,1-3H3,(H,22,25)/b17-11+. The van der Waals surface area contributed by atoms with Crippen molar-refractivity contribution in [3.8, 4) is 11.5 Å². The lowest BCUT2D eigenvalue weighted by molar-refractivity contribution is -0.123. The highest BCUT2D eigenvalue weighted by atomic mass is 16.5. The highest BCUT2D eigenvalue weighted by Crippen LogP contribution is 2.29. The number of carbonyl (C=O) groups is 2. The zero-order chi connectivity index (χ0) is 19.4. The molecule has 0 unspecified atom stereocenters. The molecule has 1 aliphatic heterocycles. The first-order chi connectivity index (χ1) is 13.0. The highest BCUT2D eigenvalue weighted by Gasteiger charge is 2.33. The van der Waals surface area contributed by atoms with Gasteiger partial charge in [-0.1, -0.05) is 35.9 Å². The molecule has 0 aliphatic carbocycles. The SMILES string of the molecule is CCOc1cc(/C=C2/NC(=O)N(Cc3cccc(C)c3)C2=O)ccc1OC. The number of hydrogen-bond donors (Lipinski definition) is 1. The highest BCUT2D eigenvalue weighted by molar-refractivity contribution is 6.13. The number of nitrogens with zero attached hydrogens (tertiary/aromatic N) is 1. The van der Waals surface area contributed by atoms with E-state index in [-0.39, 0.29) is 18.1 Å². The van der Waals surface area contributed by atoms with E-state index < -0.39 is 6.03 Å². The number of imide groups is 1. The predicted molar refractivity (Wildman–Crippen MR) is 102 cm³/mol. The van der Waals surface area contributed by atoms with Gasteiger partial charge >= 0.3 is 6.03 Å². The summed E-state index contributed by atoms with van der Waals surface area (Å²) in [6.07, 6.45) is 1.64. The number of ether oxygens (including phenoxy) is 2. The van der Waals surface area contributed by atoms with Crippen molar-refractivity contribution in [2.24, 2.45) is 0 Å². The second kappa shape index (κ2) is 7.95. The molecule has 6 heteroatoms. The molecule has 3 rings (SSSR count). The van der Waals surface area contributed by atoms with Gasteiger partial charge in [0.05, 0.1) is 20.3 Å². The van der Waals surface area contributed by atoms with Crippen LogP contribution in [0.1, 0.15) is 23.6 Å². The van der Waals surface area contributed by atoms with Crippen molar-refractivity contribution >= 4 is 18.0 Å². The molecule has 6 nitrogen and oxygen atoms in total. The van der Waals surface area contributed by atoms with Gasteiger partial charge in [-0.25, -0.2) is 4.79 Å². The molecule has 2 aromatic carbocycles. The van der Waals surface area contributed by atoms with Crippen molar-refractivity contribution in [3.05, 3.63) is 64.9 Å². The van der Waals surface area contributed by atoms with Crippen LogP contribution in [0.5, 0.6) is 11.5 Å². The molecule has 1 fully saturated rings. The van der Waals surface area contributed by atoms with Crippen molar-refractivity contribution in [1.82, 2.24) is 10.2 Å². The van der Waals surface area contributed by atoms with E-state index in [1.165, 1.54) is 4.90 Å². The normalized spacial score (nSPS) is 15.2. The van der Waals surface area contributed by atoms with E-state index in [0.717, 1.165) is 16.7 Å². The molecule has 1 heterocycles. The first-order valence-corrected chi connectivity index (χ1v) is 8.72. The Labute approximate surface area is 158 Å². The fourth-order valence-electron chi connectivity index (χ4n) is 2.93. The third-order valence-corrected chi connectivity index (χ3v) is 4.18. The van der Waals surface area contributed by atoms with Gasteiger partial charge in [0.25, 0.3) is 5.91 Å². The molecule has 0 aromatic heterocycles. The van der Waals surface area contributed by atoms with Crippen LogP contribution in [-0.4, -0.2) is 30.6 Å². The summed E-state index contributed by atoms with van der Waals surface area (Å²) in [6.45, 7) is 4.58. The van der Waals surface area contributed by atoms with Gasteiger partial charge in [-0.2, -0.15) is 0 Å². The van der Waals surface area contributed by atoms with Crippen LogP contribution in [-0.2, 0) is 11.3 Å². The van der Waals surface area contributed by atoms with Gasteiger partial charge in [-0.15, -0.1) is 0 Å². The number of methoxy groups -OCH3 is 1. The number of benzene rings is 2. The molecule has 27 heavy (non-hydrogen) atoms. The summed E-state index contributed by atoms with van der Waals surface area (Å²) in [6, 6.07) is 12.7. The summed E-state index contributed by atoms with van der Waals surface area (Å²) in [7, 11) is 1.57. The van der Waals surface area contributed by atoms with Crippen LogP contribution < -0.4 is 14.8 Å². The summed E-state index contributed by atoms with van der Waals surface area (Å²) in [4.78, 5) is 26.1. The Kier molecular flexibility index (Phi) is 5.45. The summed E-state index contributed by atoms with van der Waals surface area (Å²) < 4.78 is 10.8. The van der Waals surface area contributed by atoms with Gasteiger partial charge in [0.1, 0.15) is 5.70 Å². The van der Waals surface area contributed by atoms with Crippen LogP contribution in [0.15, 0.2) is 48.2 Å². The minimum atomic E-state index is -0.425. The number of aryl methyl sites for hydroxylation is 1. The molecule has 1 N–H and O–H groups in total. The van der Waals surface area contributed by atoms with Gasteiger partial charge in [-0.3, -0.25) is 9.69 Å². The second-order valence-electron chi connectivity index (χ2n) is 6.21. The fourth-order valence-corrected chi connectivity index (χ4v) is 2.93. The number of carbonyl (C=O) groups excluding carboxylic acids is 2. The zero-order valence-corrected chi connectivity index (χ0v) is 15.6. The minimum Gasteiger partial charge on any atom is -0.493 e. The van der Waals surface area contributed by atoms with Crippen molar-refractivity contribution in [1.29, 1.82) is 0 Å². The van der Waals surface area contributed by atoms with E-state index in [9.17, 15) is 9.59 Å². The first kappa shape index (κ1) is 18.5. The van der Waals surface area contributed by atoms with Crippen molar-refractivity contribution in [2.75, 3.05) is 13.7 Å². The zero-order valence-electron chi connectivity index (χ0n) is 15.6. The Bertz CT molecular complexity index is 905. The molecule has 2 aromatic rings. The molecule has 3 amide bonds. The third kappa shape index (κ3) is 4.11. The number of urea groups is 1. The maximum Gasteiger partial charge on any atom is 0.329 e. The van der Waals surface area contributed by atoms with E-state index in [4.69, 9.17) is 9.47 Å². The Balaban J connectivity index is 1.82. The Hall–Kier alpha value is -3.28. The average Bonchev–Trinajstić information content (AvgIpc) is 2.90. The molecular weight excluding hydrogens is 344 g/mol.